The van der Waals surface area contributed by atoms with Gasteiger partial charge < -0.3 is 15.4 Å². The highest BCUT2D eigenvalue weighted by Crippen LogP contribution is 2.07. The van der Waals surface area contributed by atoms with Gasteiger partial charge in [-0.15, -0.1) is 0 Å². The summed E-state index contributed by atoms with van der Waals surface area (Å²) in [5.74, 6) is 0.0571. The second-order valence-corrected chi connectivity index (χ2v) is 3.75. The summed E-state index contributed by atoms with van der Waals surface area (Å²) < 4.78 is 5.22. The number of hydrogen-bond acceptors (Lipinski definition) is 3. The maximum Gasteiger partial charge on any atom is 0.248 e. The zero-order valence-electron chi connectivity index (χ0n) is 8.32. The highest BCUT2D eigenvalue weighted by Gasteiger charge is 2.23. The summed E-state index contributed by atoms with van der Waals surface area (Å²) in [6.07, 6.45) is 1.02. The summed E-state index contributed by atoms with van der Waals surface area (Å²) in [6.45, 7) is 5.48. The number of ether oxygens (including phenoxy) is 1. The molecule has 1 aliphatic heterocycles. The third-order valence-electron chi connectivity index (χ3n) is 2.12. The second kappa shape index (κ2) is 4.58. The molecule has 1 saturated heterocycles. The Bertz CT molecular complexity index is 182. The largest absolute Gasteiger partial charge is 0.369 e. The van der Waals surface area contributed by atoms with Gasteiger partial charge in [-0.1, -0.05) is 0 Å². The minimum absolute atomic E-state index is 0.0571. The van der Waals surface area contributed by atoms with E-state index in [2.05, 4.69) is 0 Å². The van der Waals surface area contributed by atoms with E-state index in [0.29, 0.717) is 6.54 Å². The van der Waals surface area contributed by atoms with Crippen molar-refractivity contribution in [1.82, 2.24) is 4.90 Å². The highest BCUT2D eigenvalue weighted by atomic mass is 16.5. The first-order valence-electron chi connectivity index (χ1n) is 4.74. The van der Waals surface area contributed by atoms with Gasteiger partial charge in [0.1, 0.15) is 6.61 Å². The van der Waals surface area contributed by atoms with E-state index >= 15 is 0 Å². The van der Waals surface area contributed by atoms with Crippen LogP contribution in [0.5, 0.6) is 0 Å². The average Bonchev–Trinajstić information content (AvgIpc) is 2.47. The zero-order chi connectivity index (χ0) is 9.84. The average molecular weight is 186 g/mol. The Hall–Kier alpha value is -0.610. The molecule has 0 aromatic rings. The second-order valence-electron chi connectivity index (χ2n) is 3.75. The molecule has 0 saturated carbocycles. The van der Waals surface area contributed by atoms with Crippen molar-refractivity contribution in [2.24, 2.45) is 5.73 Å². The van der Waals surface area contributed by atoms with Crippen molar-refractivity contribution in [3.05, 3.63) is 0 Å². The molecule has 13 heavy (non-hydrogen) atoms. The Labute approximate surface area is 79.0 Å². The Morgan fingerprint density at radius 3 is 2.85 bits per heavy atom. The molecule has 4 heteroatoms. The molecule has 0 radical (unpaired) electrons. The number of nitrogens with two attached hydrogens (primary N) is 1. The van der Waals surface area contributed by atoms with Gasteiger partial charge in [-0.2, -0.15) is 0 Å². The summed E-state index contributed by atoms with van der Waals surface area (Å²) in [5.41, 5.74) is 5.68. The molecule has 0 aromatic heterocycles. The lowest BCUT2D eigenvalue weighted by Gasteiger charge is -2.16. The number of carbonyl (C=O) groups is 1. The van der Waals surface area contributed by atoms with Gasteiger partial charge in [-0.3, -0.25) is 4.79 Å². The van der Waals surface area contributed by atoms with Crippen molar-refractivity contribution in [2.45, 2.75) is 32.4 Å². The van der Waals surface area contributed by atoms with Crippen LogP contribution in [0.15, 0.2) is 0 Å². The molecular weight excluding hydrogens is 168 g/mol. The van der Waals surface area contributed by atoms with Crippen LogP contribution in [0.3, 0.4) is 0 Å². The quantitative estimate of drug-likeness (QED) is 0.673. The lowest BCUT2D eigenvalue weighted by molar-refractivity contribution is -0.136. The number of carbonyl (C=O) groups excluding carboxylic acids is 1. The summed E-state index contributed by atoms with van der Waals surface area (Å²) in [4.78, 5) is 13.2. The normalized spacial score (nSPS) is 22.8. The van der Waals surface area contributed by atoms with Gasteiger partial charge in [0, 0.05) is 19.1 Å². The fourth-order valence-electron chi connectivity index (χ4n) is 1.34. The van der Waals surface area contributed by atoms with Crippen LogP contribution in [0, 0.1) is 0 Å². The van der Waals surface area contributed by atoms with Crippen molar-refractivity contribution in [2.75, 3.05) is 19.7 Å². The van der Waals surface area contributed by atoms with Crippen LogP contribution in [-0.4, -0.2) is 42.6 Å². The van der Waals surface area contributed by atoms with Crippen molar-refractivity contribution in [1.29, 1.82) is 0 Å². The minimum atomic E-state index is 0.0571. The Morgan fingerprint density at radius 1 is 1.69 bits per heavy atom. The molecule has 1 rings (SSSR count). The lowest BCUT2D eigenvalue weighted by atomic mass is 10.3. The lowest BCUT2D eigenvalue weighted by Crippen LogP contribution is -2.35. The molecule has 1 atom stereocenters. The summed E-state index contributed by atoms with van der Waals surface area (Å²) >= 11 is 0. The number of rotatable bonds is 3. The first-order valence-corrected chi connectivity index (χ1v) is 4.74. The standard InChI is InChI=1S/C9H18N2O2/c1-7(2)13-6-9(12)11-4-3-8(10)5-11/h7-8H,3-6,10H2,1-2H3/t8-/m1/s1. The van der Waals surface area contributed by atoms with Gasteiger partial charge in [0.25, 0.3) is 0 Å². The fraction of sp³-hybridized carbons (Fsp3) is 0.889. The molecular formula is C9H18N2O2. The third kappa shape index (κ3) is 3.32. The van der Waals surface area contributed by atoms with E-state index < -0.39 is 0 Å². The summed E-state index contributed by atoms with van der Waals surface area (Å²) in [7, 11) is 0. The fourth-order valence-corrected chi connectivity index (χ4v) is 1.34. The maximum atomic E-state index is 11.4. The molecule has 0 aromatic carbocycles. The molecule has 1 aliphatic rings. The smallest absolute Gasteiger partial charge is 0.248 e. The molecule has 1 amide bonds. The molecule has 0 spiro atoms. The van der Waals surface area contributed by atoms with Crippen LogP contribution in [0.2, 0.25) is 0 Å². The van der Waals surface area contributed by atoms with Gasteiger partial charge in [-0.05, 0) is 20.3 Å². The van der Waals surface area contributed by atoms with E-state index in [1.807, 2.05) is 13.8 Å². The predicted octanol–water partition coefficient (Wildman–Crippen LogP) is -0.0290. The SMILES string of the molecule is CC(C)OCC(=O)N1CC[C@@H](N)C1. The van der Waals surface area contributed by atoms with E-state index in [9.17, 15) is 4.79 Å². The van der Waals surface area contributed by atoms with Crippen molar-refractivity contribution in [3.8, 4) is 0 Å². The van der Waals surface area contributed by atoms with Crippen molar-refractivity contribution >= 4 is 5.91 Å². The van der Waals surface area contributed by atoms with Crippen molar-refractivity contribution in [3.63, 3.8) is 0 Å². The number of amides is 1. The van der Waals surface area contributed by atoms with Gasteiger partial charge >= 0.3 is 0 Å². The van der Waals surface area contributed by atoms with Gasteiger partial charge in [0.2, 0.25) is 5.91 Å². The number of nitrogens with zero attached hydrogens (tertiary/aromatic N) is 1. The van der Waals surface area contributed by atoms with E-state index in [-0.39, 0.29) is 24.7 Å². The maximum absolute atomic E-state index is 11.4. The van der Waals surface area contributed by atoms with E-state index in [4.69, 9.17) is 10.5 Å². The zero-order valence-corrected chi connectivity index (χ0v) is 8.32. The molecule has 0 aliphatic carbocycles. The van der Waals surface area contributed by atoms with E-state index in [1.165, 1.54) is 0 Å². The molecule has 0 unspecified atom stereocenters. The predicted molar refractivity (Wildman–Crippen MR) is 50.3 cm³/mol. The molecule has 1 heterocycles. The van der Waals surface area contributed by atoms with Crippen LogP contribution in [0.4, 0.5) is 0 Å². The summed E-state index contributed by atoms with van der Waals surface area (Å²) in [5, 5.41) is 0. The third-order valence-corrected chi connectivity index (χ3v) is 2.12. The van der Waals surface area contributed by atoms with Crippen LogP contribution in [-0.2, 0) is 9.53 Å². The van der Waals surface area contributed by atoms with E-state index in [0.717, 1.165) is 13.0 Å². The first-order chi connectivity index (χ1) is 6.09. The Morgan fingerprint density at radius 2 is 2.38 bits per heavy atom. The number of likely N-dealkylation sites (tertiary alicyclic amines) is 1. The Balaban J connectivity index is 2.24. The van der Waals surface area contributed by atoms with Crippen LogP contribution < -0.4 is 5.73 Å². The number of hydrogen-bond donors (Lipinski definition) is 1. The topological polar surface area (TPSA) is 55.6 Å². The summed E-state index contributed by atoms with van der Waals surface area (Å²) in [6, 6.07) is 0.156. The van der Waals surface area contributed by atoms with Crippen molar-refractivity contribution < 1.29 is 9.53 Å². The molecule has 76 valence electrons. The van der Waals surface area contributed by atoms with E-state index in [1.54, 1.807) is 4.90 Å². The van der Waals surface area contributed by atoms with Crippen LogP contribution >= 0.6 is 0 Å². The van der Waals surface area contributed by atoms with Gasteiger partial charge in [-0.25, -0.2) is 0 Å². The van der Waals surface area contributed by atoms with Crippen LogP contribution in [0.1, 0.15) is 20.3 Å². The molecule has 0 bridgehead atoms. The first kappa shape index (κ1) is 10.5. The molecule has 2 N–H and O–H groups in total. The molecule has 4 nitrogen and oxygen atoms in total. The Kier molecular flexibility index (Phi) is 3.69. The van der Waals surface area contributed by atoms with Gasteiger partial charge in [0.15, 0.2) is 0 Å². The highest BCUT2D eigenvalue weighted by molar-refractivity contribution is 5.77. The van der Waals surface area contributed by atoms with Gasteiger partial charge in [0.05, 0.1) is 6.10 Å². The van der Waals surface area contributed by atoms with Crippen LogP contribution in [0.25, 0.3) is 0 Å². The molecule has 1 fully saturated rings. The minimum Gasteiger partial charge on any atom is -0.369 e. The monoisotopic (exact) mass is 186 g/mol.